The van der Waals surface area contributed by atoms with E-state index in [1.165, 1.54) is 11.1 Å². The number of nitrogens with zero attached hydrogens (tertiary/aromatic N) is 3. The summed E-state index contributed by atoms with van der Waals surface area (Å²) in [7, 11) is 0. The minimum atomic E-state index is 0.744. The van der Waals surface area contributed by atoms with Crippen molar-refractivity contribution < 1.29 is 0 Å². The number of hydrogen-bond acceptors (Lipinski definition) is 3. The first-order chi connectivity index (χ1) is 11.6. The van der Waals surface area contributed by atoms with Gasteiger partial charge in [0.15, 0.2) is 0 Å². The Labute approximate surface area is 142 Å². The van der Waals surface area contributed by atoms with Crippen LogP contribution in [0.4, 0.5) is 5.82 Å². The van der Waals surface area contributed by atoms with E-state index in [1.54, 1.807) is 0 Å². The number of rotatable bonds is 6. The van der Waals surface area contributed by atoms with E-state index in [-0.39, 0.29) is 0 Å². The first-order valence-electron chi connectivity index (χ1n) is 8.12. The molecule has 24 heavy (non-hydrogen) atoms. The number of pyridine rings is 1. The van der Waals surface area contributed by atoms with E-state index in [1.807, 2.05) is 37.8 Å². The molecule has 0 aliphatic carbocycles. The van der Waals surface area contributed by atoms with Crippen molar-refractivity contribution in [1.82, 2.24) is 14.5 Å². The van der Waals surface area contributed by atoms with Gasteiger partial charge < -0.3 is 9.88 Å². The fourth-order valence-corrected chi connectivity index (χ4v) is 2.53. The Morgan fingerprint density at radius 3 is 2.75 bits per heavy atom. The lowest BCUT2D eigenvalue weighted by Crippen LogP contribution is -2.00. The molecule has 3 rings (SSSR count). The molecule has 1 N–H and O–H groups in total. The van der Waals surface area contributed by atoms with Gasteiger partial charge in [-0.1, -0.05) is 43.8 Å². The van der Waals surface area contributed by atoms with Crippen molar-refractivity contribution in [3.63, 3.8) is 0 Å². The molecule has 4 nitrogen and oxygen atoms in total. The van der Waals surface area contributed by atoms with Gasteiger partial charge in [0.2, 0.25) is 0 Å². The van der Waals surface area contributed by atoms with Gasteiger partial charge in [-0.2, -0.15) is 0 Å². The van der Waals surface area contributed by atoms with E-state index in [2.05, 4.69) is 57.6 Å². The Hall–Kier alpha value is -2.88. The van der Waals surface area contributed by atoms with Crippen molar-refractivity contribution >= 4 is 11.5 Å². The van der Waals surface area contributed by atoms with Crippen molar-refractivity contribution in [3.8, 4) is 0 Å². The van der Waals surface area contributed by atoms with Gasteiger partial charge in [-0.15, -0.1) is 0 Å². The zero-order chi connectivity index (χ0) is 16.9. The molecule has 122 valence electrons. The molecule has 0 aliphatic heterocycles. The summed E-state index contributed by atoms with van der Waals surface area (Å²) < 4.78 is 2.06. The highest BCUT2D eigenvalue weighted by Crippen LogP contribution is 2.15. The monoisotopic (exact) mass is 318 g/mol. The van der Waals surface area contributed by atoms with E-state index in [4.69, 9.17) is 0 Å². The molecule has 2 heterocycles. The molecule has 0 fully saturated rings. The third-order valence-corrected chi connectivity index (χ3v) is 3.90. The van der Waals surface area contributed by atoms with Crippen LogP contribution in [-0.2, 0) is 13.0 Å². The Morgan fingerprint density at radius 2 is 2.00 bits per heavy atom. The maximum atomic E-state index is 4.40. The van der Waals surface area contributed by atoms with Gasteiger partial charge >= 0.3 is 0 Å². The highest BCUT2D eigenvalue weighted by atomic mass is 15.1. The summed E-state index contributed by atoms with van der Waals surface area (Å²) in [5.74, 6) is 0.772. The first-order valence-corrected chi connectivity index (χ1v) is 8.12. The van der Waals surface area contributed by atoms with Crippen LogP contribution in [0.3, 0.4) is 0 Å². The molecule has 0 spiro atoms. The maximum absolute atomic E-state index is 4.40. The highest BCUT2D eigenvalue weighted by molar-refractivity contribution is 5.71. The lowest BCUT2D eigenvalue weighted by atomic mass is 10.1. The average molecular weight is 318 g/mol. The molecule has 0 aliphatic rings. The average Bonchev–Trinajstić information content (AvgIpc) is 3.02. The summed E-state index contributed by atoms with van der Waals surface area (Å²) in [6.45, 7) is 9.03. The fourth-order valence-electron chi connectivity index (χ4n) is 2.53. The van der Waals surface area contributed by atoms with Gasteiger partial charge in [-0.25, -0.2) is 4.98 Å². The molecule has 1 aromatic carbocycles. The number of benzene rings is 1. The zero-order valence-corrected chi connectivity index (χ0v) is 14.2. The van der Waals surface area contributed by atoms with Crippen LogP contribution < -0.4 is 5.32 Å². The normalized spacial score (nSPS) is 10.6. The van der Waals surface area contributed by atoms with E-state index < -0.39 is 0 Å². The molecule has 0 radical (unpaired) electrons. The van der Waals surface area contributed by atoms with Crippen LogP contribution in [0.2, 0.25) is 0 Å². The standard InChI is InChI=1S/C20H22N4/c1-4-17-6-5-7-18(10-17)12-24-13-20(22-14-24)23-16(3)19-9-8-15(2)11-21-19/h5-11,13-14,23H,3-4,12H2,1-2H3. The number of aromatic nitrogens is 3. The quantitative estimate of drug-likeness (QED) is 0.737. The third-order valence-electron chi connectivity index (χ3n) is 3.90. The van der Waals surface area contributed by atoms with Crippen LogP contribution in [-0.4, -0.2) is 14.5 Å². The second-order valence-corrected chi connectivity index (χ2v) is 5.93. The van der Waals surface area contributed by atoms with E-state index >= 15 is 0 Å². The molecule has 3 aromatic rings. The number of hydrogen-bond donors (Lipinski definition) is 1. The Morgan fingerprint density at radius 1 is 1.17 bits per heavy atom. The molecule has 0 amide bonds. The van der Waals surface area contributed by atoms with Crippen LogP contribution in [0.5, 0.6) is 0 Å². The number of nitrogens with one attached hydrogen (secondary N) is 1. The molecule has 4 heteroatoms. The number of aryl methyl sites for hydroxylation is 2. The third kappa shape index (κ3) is 3.90. The minimum Gasteiger partial charge on any atom is -0.338 e. The molecule has 0 bridgehead atoms. The van der Waals surface area contributed by atoms with E-state index in [0.29, 0.717) is 0 Å². The Kier molecular flexibility index (Phi) is 4.75. The molecule has 0 saturated carbocycles. The highest BCUT2D eigenvalue weighted by Gasteiger charge is 2.04. The van der Waals surface area contributed by atoms with E-state index in [0.717, 1.165) is 35.7 Å². The van der Waals surface area contributed by atoms with Gasteiger partial charge in [-0.05, 0) is 36.1 Å². The predicted octanol–water partition coefficient (Wildman–Crippen LogP) is 4.28. The van der Waals surface area contributed by atoms with Gasteiger partial charge in [-0.3, -0.25) is 4.98 Å². The molecular formula is C20H22N4. The minimum absolute atomic E-state index is 0.744. The van der Waals surface area contributed by atoms with Gasteiger partial charge in [0.1, 0.15) is 5.82 Å². The maximum Gasteiger partial charge on any atom is 0.148 e. The van der Waals surface area contributed by atoms with Crippen molar-refractivity contribution in [2.75, 3.05) is 5.32 Å². The topological polar surface area (TPSA) is 42.7 Å². The molecule has 0 saturated heterocycles. The van der Waals surface area contributed by atoms with Crippen LogP contribution in [0, 0.1) is 6.92 Å². The Balaban J connectivity index is 1.66. The summed E-state index contributed by atoms with van der Waals surface area (Å²) in [6.07, 6.45) is 6.70. The smallest absolute Gasteiger partial charge is 0.148 e. The van der Waals surface area contributed by atoms with Crippen molar-refractivity contribution in [2.45, 2.75) is 26.8 Å². The van der Waals surface area contributed by atoms with Crippen LogP contribution in [0.25, 0.3) is 5.70 Å². The SMILES string of the molecule is C=C(Nc1cn(Cc2cccc(CC)c2)cn1)c1ccc(C)cn1. The molecule has 0 atom stereocenters. The van der Waals surface area contributed by atoms with E-state index in [9.17, 15) is 0 Å². The van der Waals surface area contributed by atoms with Gasteiger partial charge in [0.25, 0.3) is 0 Å². The van der Waals surface area contributed by atoms with Gasteiger partial charge in [0.05, 0.1) is 17.7 Å². The summed E-state index contributed by atoms with van der Waals surface area (Å²) in [6, 6.07) is 12.6. The summed E-state index contributed by atoms with van der Waals surface area (Å²) in [5, 5.41) is 3.22. The molecule has 2 aromatic heterocycles. The Bertz CT molecular complexity index is 831. The van der Waals surface area contributed by atoms with Crippen molar-refractivity contribution in [2.24, 2.45) is 0 Å². The van der Waals surface area contributed by atoms with Gasteiger partial charge in [0, 0.05) is 18.9 Å². The summed E-state index contributed by atoms with van der Waals surface area (Å²) in [4.78, 5) is 8.77. The number of anilines is 1. The van der Waals surface area contributed by atoms with Crippen LogP contribution in [0.1, 0.15) is 29.3 Å². The molecule has 0 unspecified atom stereocenters. The summed E-state index contributed by atoms with van der Waals surface area (Å²) in [5.41, 5.74) is 5.33. The lowest BCUT2D eigenvalue weighted by Gasteiger charge is -2.07. The summed E-state index contributed by atoms with van der Waals surface area (Å²) >= 11 is 0. The van der Waals surface area contributed by atoms with Crippen molar-refractivity contribution in [1.29, 1.82) is 0 Å². The first kappa shape index (κ1) is 16.0. The molecular weight excluding hydrogens is 296 g/mol. The largest absolute Gasteiger partial charge is 0.338 e. The number of imidazole rings is 1. The van der Waals surface area contributed by atoms with Crippen LogP contribution >= 0.6 is 0 Å². The fraction of sp³-hybridized carbons (Fsp3) is 0.200. The lowest BCUT2D eigenvalue weighted by molar-refractivity contribution is 0.796. The predicted molar refractivity (Wildman–Crippen MR) is 98.8 cm³/mol. The van der Waals surface area contributed by atoms with Crippen molar-refractivity contribution in [3.05, 3.63) is 84.1 Å². The van der Waals surface area contributed by atoms with Crippen LogP contribution in [0.15, 0.2) is 61.7 Å². The zero-order valence-electron chi connectivity index (χ0n) is 14.2. The second kappa shape index (κ2) is 7.13. The second-order valence-electron chi connectivity index (χ2n) is 5.93.